The SMILES string of the molecule is OC1CN(c2cc(N3CCNCC3)cc(Nc3cc(F)c(C4CC4)cn3)n2)C1. The molecule has 0 radical (unpaired) electrons. The Hall–Kier alpha value is -2.45. The second kappa shape index (κ2) is 7.18. The minimum Gasteiger partial charge on any atom is -0.389 e. The van der Waals surface area contributed by atoms with Crippen LogP contribution in [0.25, 0.3) is 0 Å². The molecule has 8 heteroatoms. The largest absolute Gasteiger partial charge is 0.389 e. The van der Waals surface area contributed by atoms with Crippen molar-refractivity contribution < 1.29 is 9.50 Å². The van der Waals surface area contributed by atoms with Crippen LogP contribution >= 0.6 is 0 Å². The first-order valence-electron chi connectivity index (χ1n) is 9.99. The van der Waals surface area contributed by atoms with Crippen LogP contribution in [0.3, 0.4) is 0 Å². The summed E-state index contributed by atoms with van der Waals surface area (Å²) in [7, 11) is 0. The highest BCUT2D eigenvalue weighted by Crippen LogP contribution is 2.41. The molecule has 7 nitrogen and oxygen atoms in total. The van der Waals surface area contributed by atoms with Crippen LogP contribution in [0.1, 0.15) is 24.3 Å². The molecule has 0 bridgehead atoms. The Bertz CT molecular complexity index is 862. The summed E-state index contributed by atoms with van der Waals surface area (Å²) in [5.41, 5.74) is 1.79. The van der Waals surface area contributed by atoms with Gasteiger partial charge in [0.05, 0.1) is 6.10 Å². The Morgan fingerprint density at radius 1 is 1.07 bits per heavy atom. The van der Waals surface area contributed by atoms with Crippen molar-refractivity contribution in [2.45, 2.75) is 24.9 Å². The molecule has 1 saturated carbocycles. The fourth-order valence-electron chi connectivity index (χ4n) is 3.81. The van der Waals surface area contributed by atoms with Crippen LogP contribution in [-0.2, 0) is 0 Å². The molecule has 4 heterocycles. The molecule has 0 amide bonds. The minimum absolute atomic E-state index is 0.204. The molecule has 148 valence electrons. The van der Waals surface area contributed by atoms with E-state index in [1.165, 1.54) is 6.07 Å². The Labute approximate surface area is 163 Å². The fourth-order valence-corrected chi connectivity index (χ4v) is 3.81. The first-order chi connectivity index (χ1) is 13.7. The van der Waals surface area contributed by atoms with Crippen LogP contribution in [-0.4, -0.2) is 60.4 Å². The van der Waals surface area contributed by atoms with Gasteiger partial charge < -0.3 is 25.5 Å². The Morgan fingerprint density at radius 3 is 2.54 bits per heavy atom. The van der Waals surface area contributed by atoms with E-state index in [9.17, 15) is 9.50 Å². The molecule has 0 unspecified atom stereocenters. The molecule has 0 atom stereocenters. The molecule has 1 aliphatic carbocycles. The average Bonchev–Trinajstić information content (AvgIpc) is 3.51. The third-order valence-corrected chi connectivity index (χ3v) is 5.62. The molecule has 2 aromatic heterocycles. The third-order valence-electron chi connectivity index (χ3n) is 5.62. The zero-order valence-electron chi connectivity index (χ0n) is 15.7. The highest BCUT2D eigenvalue weighted by Gasteiger charge is 2.28. The van der Waals surface area contributed by atoms with Crippen molar-refractivity contribution in [2.24, 2.45) is 0 Å². The van der Waals surface area contributed by atoms with Gasteiger partial charge in [-0.3, -0.25) is 0 Å². The van der Waals surface area contributed by atoms with Crippen LogP contribution in [0.2, 0.25) is 0 Å². The lowest BCUT2D eigenvalue weighted by atomic mass is 10.1. The van der Waals surface area contributed by atoms with Gasteiger partial charge in [0.1, 0.15) is 23.3 Å². The van der Waals surface area contributed by atoms with Gasteiger partial charge in [-0.15, -0.1) is 0 Å². The number of nitrogens with one attached hydrogen (secondary N) is 2. The molecule has 28 heavy (non-hydrogen) atoms. The third kappa shape index (κ3) is 3.62. The number of aliphatic hydroxyl groups is 1. The first kappa shape index (κ1) is 17.6. The number of aliphatic hydroxyl groups excluding tert-OH is 1. The lowest BCUT2D eigenvalue weighted by Crippen LogP contribution is -2.51. The standard InChI is InChI=1S/C20H25FN6O/c21-17-9-18(23-10-16(17)13-1-2-13)24-19-7-14(26-5-3-22-4-6-26)8-20(25-19)27-11-15(28)12-27/h7-10,13,15,22,28H,1-6,11-12H2,(H,23,24,25). The van der Waals surface area contributed by atoms with Crippen molar-refractivity contribution in [3.05, 3.63) is 35.8 Å². The second-order valence-electron chi connectivity index (χ2n) is 7.85. The van der Waals surface area contributed by atoms with E-state index in [1.54, 1.807) is 6.20 Å². The van der Waals surface area contributed by atoms with Crippen LogP contribution in [0.5, 0.6) is 0 Å². The maximum Gasteiger partial charge on any atom is 0.136 e. The first-order valence-corrected chi connectivity index (χ1v) is 9.99. The molecule has 2 aliphatic heterocycles. The van der Waals surface area contributed by atoms with Gasteiger partial charge in [-0.2, -0.15) is 0 Å². The van der Waals surface area contributed by atoms with Crippen molar-refractivity contribution >= 4 is 23.1 Å². The fraction of sp³-hybridized carbons (Fsp3) is 0.500. The van der Waals surface area contributed by atoms with Gasteiger partial charge >= 0.3 is 0 Å². The van der Waals surface area contributed by atoms with Gasteiger partial charge in [-0.1, -0.05) is 0 Å². The predicted molar refractivity (Wildman–Crippen MR) is 107 cm³/mol. The molecular formula is C20H25FN6O. The quantitative estimate of drug-likeness (QED) is 0.726. The maximum atomic E-state index is 14.4. The lowest BCUT2D eigenvalue weighted by Gasteiger charge is -2.38. The summed E-state index contributed by atoms with van der Waals surface area (Å²) < 4.78 is 14.4. The smallest absolute Gasteiger partial charge is 0.136 e. The van der Waals surface area contributed by atoms with E-state index in [4.69, 9.17) is 0 Å². The second-order valence-corrected chi connectivity index (χ2v) is 7.85. The molecule has 3 fully saturated rings. The molecule has 0 spiro atoms. The van der Waals surface area contributed by atoms with E-state index in [-0.39, 0.29) is 11.9 Å². The topological polar surface area (TPSA) is 76.6 Å². The van der Waals surface area contributed by atoms with E-state index >= 15 is 0 Å². The monoisotopic (exact) mass is 384 g/mol. The van der Waals surface area contributed by atoms with E-state index in [1.807, 2.05) is 11.0 Å². The zero-order valence-corrected chi connectivity index (χ0v) is 15.7. The highest BCUT2D eigenvalue weighted by molar-refractivity contribution is 5.66. The number of hydrogen-bond donors (Lipinski definition) is 3. The van der Waals surface area contributed by atoms with Crippen LogP contribution in [0.4, 0.5) is 27.5 Å². The minimum atomic E-state index is -0.299. The summed E-state index contributed by atoms with van der Waals surface area (Å²) in [6.07, 6.45) is 3.43. The van der Waals surface area contributed by atoms with Gasteiger partial charge in [0.2, 0.25) is 0 Å². The van der Waals surface area contributed by atoms with Crippen molar-refractivity contribution in [3.8, 4) is 0 Å². The summed E-state index contributed by atoms with van der Waals surface area (Å²) >= 11 is 0. The average molecular weight is 384 g/mol. The molecule has 3 N–H and O–H groups in total. The number of β-amino-alcohol motifs (C(OH)–C–C–N with tert-alkyl or cyclic N) is 1. The normalized spacial score (nSPS) is 20.2. The number of nitrogens with zero attached hydrogens (tertiary/aromatic N) is 4. The van der Waals surface area contributed by atoms with Crippen molar-refractivity contribution in [3.63, 3.8) is 0 Å². The highest BCUT2D eigenvalue weighted by atomic mass is 19.1. The summed E-state index contributed by atoms with van der Waals surface area (Å²) in [4.78, 5) is 13.4. The molecular weight excluding hydrogens is 359 g/mol. The van der Waals surface area contributed by atoms with E-state index < -0.39 is 0 Å². The Kier molecular flexibility index (Phi) is 4.52. The number of rotatable bonds is 5. The summed E-state index contributed by atoms with van der Waals surface area (Å²) in [6.45, 7) is 4.90. The molecule has 2 saturated heterocycles. The maximum absolute atomic E-state index is 14.4. The molecule has 2 aromatic rings. The number of aromatic nitrogens is 2. The molecule has 5 rings (SSSR count). The predicted octanol–water partition coefficient (Wildman–Crippen LogP) is 1.83. The van der Waals surface area contributed by atoms with Crippen molar-refractivity contribution in [1.29, 1.82) is 0 Å². The van der Waals surface area contributed by atoms with E-state index in [0.717, 1.165) is 50.5 Å². The lowest BCUT2D eigenvalue weighted by molar-refractivity contribution is 0.141. The van der Waals surface area contributed by atoms with Crippen LogP contribution in [0.15, 0.2) is 24.4 Å². The van der Waals surface area contributed by atoms with E-state index in [2.05, 4.69) is 31.6 Å². The van der Waals surface area contributed by atoms with Gasteiger partial charge in [0, 0.05) is 74.9 Å². The summed E-state index contributed by atoms with van der Waals surface area (Å²) in [5.74, 6) is 2.04. The Balaban J connectivity index is 1.42. The van der Waals surface area contributed by atoms with Gasteiger partial charge in [0.25, 0.3) is 0 Å². The summed E-state index contributed by atoms with van der Waals surface area (Å²) in [5, 5.41) is 16.2. The molecule has 3 aliphatic rings. The van der Waals surface area contributed by atoms with Crippen LogP contribution in [0, 0.1) is 5.82 Å². The number of anilines is 4. The van der Waals surface area contributed by atoms with Gasteiger partial charge in [0.15, 0.2) is 0 Å². The number of halogens is 1. The summed E-state index contributed by atoms with van der Waals surface area (Å²) in [6, 6.07) is 5.51. The van der Waals surface area contributed by atoms with Crippen LogP contribution < -0.4 is 20.4 Å². The van der Waals surface area contributed by atoms with Gasteiger partial charge in [-0.05, 0) is 18.8 Å². The van der Waals surface area contributed by atoms with Crippen molar-refractivity contribution in [2.75, 3.05) is 54.4 Å². The number of piperazine rings is 1. The van der Waals surface area contributed by atoms with Gasteiger partial charge in [-0.25, -0.2) is 14.4 Å². The van der Waals surface area contributed by atoms with E-state index in [0.29, 0.717) is 36.2 Å². The van der Waals surface area contributed by atoms with Crippen molar-refractivity contribution in [1.82, 2.24) is 15.3 Å². The zero-order chi connectivity index (χ0) is 19.1. The molecule has 0 aromatic carbocycles. The Morgan fingerprint density at radius 2 is 1.86 bits per heavy atom. The number of hydrogen-bond acceptors (Lipinski definition) is 7. The number of pyridine rings is 2.